The molecule has 3 aromatic rings. The zero-order valence-corrected chi connectivity index (χ0v) is 16.0. The molecule has 0 aliphatic heterocycles. The summed E-state index contributed by atoms with van der Waals surface area (Å²) in [4.78, 5) is 27.7. The van der Waals surface area contributed by atoms with Crippen LogP contribution in [-0.2, 0) is 30.6 Å². The maximum absolute atomic E-state index is 12.3. The Kier molecular flexibility index (Phi) is 5.14. The van der Waals surface area contributed by atoms with Crippen molar-refractivity contribution in [1.29, 1.82) is 0 Å². The quantitative estimate of drug-likeness (QED) is 0.684. The average molecular weight is 380 g/mol. The second-order valence-electron chi connectivity index (χ2n) is 7.14. The van der Waals surface area contributed by atoms with Crippen molar-refractivity contribution in [2.45, 2.75) is 38.6 Å². The molecular formula is C21H24N4O3. The van der Waals surface area contributed by atoms with Crippen molar-refractivity contribution in [3.63, 3.8) is 0 Å². The van der Waals surface area contributed by atoms with E-state index in [0.717, 1.165) is 59.2 Å². The highest BCUT2D eigenvalue weighted by Gasteiger charge is 2.14. The second kappa shape index (κ2) is 7.88. The molecule has 0 radical (unpaired) electrons. The molecule has 4 rings (SSSR count). The first-order valence-corrected chi connectivity index (χ1v) is 9.64. The molecule has 0 spiro atoms. The number of H-pyrrole nitrogens is 1. The smallest absolute Gasteiger partial charge is 0.267 e. The third-order valence-electron chi connectivity index (χ3n) is 5.26. The zero-order chi connectivity index (χ0) is 19.5. The van der Waals surface area contributed by atoms with Gasteiger partial charge in [-0.1, -0.05) is 0 Å². The SMILES string of the molecule is COc1ccc2[nH]cc(CCNC(=O)Cn3nc4c(cc3=O)CCCC4)c2c1. The number of hydrogen-bond donors (Lipinski definition) is 2. The highest BCUT2D eigenvalue weighted by molar-refractivity contribution is 5.84. The van der Waals surface area contributed by atoms with E-state index in [1.807, 2.05) is 24.4 Å². The Bertz CT molecular complexity index is 1070. The molecule has 0 bridgehead atoms. The number of aryl methyl sites for hydroxylation is 2. The first-order valence-electron chi connectivity index (χ1n) is 9.64. The molecule has 2 heterocycles. The molecule has 2 aromatic heterocycles. The van der Waals surface area contributed by atoms with Crippen LogP contribution in [-0.4, -0.2) is 34.3 Å². The predicted molar refractivity (Wildman–Crippen MR) is 107 cm³/mol. The van der Waals surface area contributed by atoms with E-state index in [4.69, 9.17) is 4.74 Å². The number of methoxy groups -OCH3 is 1. The van der Waals surface area contributed by atoms with Crippen LogP contribution in [0.5, 0.6) is 5.75 Å². The van der Waals surface area contributed by atoms with E-state index in [9.17, 15) is 9.59 Å². The van der Waals surface area contributed by atoms with Crippen LogP contribution in [0.15, 0.2) is 35.3 Å². The van der Waals surface area contributed by atoms with E-state index in [0.29, 0.717) is 13.0 Å². The summed E-state index contributed by atoms with van der Waals surface area (Å²) in [5.74, 6) is 0.595. The van der Waals surface area contributed by atoms with Crippen LogP contribution in [0.25, 0.3) is 10.9 Å². The average Bonchev–Trinajstić information content (AvgIpc) is 3.10. The summed E-state index contributed by atoms with van der Waals surface area (Å²) in [5.41, 5.74) is 3.92. The first-order chi connectivity index (χ1) is 13.6. The Balaban J connectivity index is 1.37. The fourth-order valence-corrected chi connectivity index (χ4v) is 3.73. The summed E-state index contributed by atoms with van der Waals surface area (Å²) >= 11 is 0. The number of benzene rings is 1. The van der Waals surface area contributed by atoms with E-state index in [-0.39, 0.29) is 18.0 Å². The third kappa shape index (κ3) is 3.78. The van der Waals surface area contributed by atoms with Gasteiger partial charge in [0.25, 0.3) is 5.56 Å². The number of aromatic amines is 1. The minimum absolute atomic E-state index is 0.0478. The van der Waals surface area contributed by atoms with Gasteiger partial charge in [-0.3, -0.25) is 9.59 Å². The minimum Gasteiger partial charge on any atom is -0.497 e. The minimum atomic E-state index is -0.209. The standard InChI is InChI=1S/C21H24N4O3/c1-28-16-6-7-19-17(11-16)15(12-23-19)8-9-22-20(26)13-25-21(27)10-14-4-2-3-5-18(14)24-25/h6-7,10-12,23H,2-5,8-9,13H2,1H3,(H,22,26). The molecule has 1 aliphatic carbocycles. The molecule has 0 atom stereocenters. The van der Waals surface area contributed by atoms with Gasteiger partial charge in [0.15, 0.2) is 0 Å². The molecule has 7 heteroatoms. The van der Waals surface area contributed by atoms with E-state index in [2.05, 4.69) is 15.4 Å². The monoisotopic (exact) mass is 380 g/mol. The van der Waals surface area contributed by atoms with E-state index >= 15 is 0 Å². The van der Waals surface area contributed by atoms with Gasteiger partial charge < -0.3 is 15.0 Å². The van der Waals surface area contributed by atoms with Crippen molar-refractivity contribution in [3.05, 3.63) is 57.6 Å². The second-order valence-corrected chi connectivity index (χ2v) is 7.14. The summed E-state index contributed by atoms with van der Waals surface area (Å²) in [5, 5.41) is 8.37. The van der Waals surface area contributed by atoms with Crippen molar-refractivity contribution in [1.82, 2.24) is 20.1 Å². The van der Waals surface area contributed by atoms with Crippen LogP contribution in [0.1, 0.15) is 29.7 Å². The fourth-order valence-electron chi connectivity index (χ4n) is 3.73. The maximum atomic E-state index is 12.3. The Morgan fingerprint density at radius 2 is 2.14 bits per heavy atom. The fraction of sp³-hybridized carbons (Fsp3) is 0.381. The molecule has 1 aliphatic rings. The van der Waals surface area contributed by atoms with Gasteiger partial charge >= 0.3 is 0 Å². The van der Waals surface area contributed by atoms with Gasteiger partial charge in [-0.05, 0) is 61.4 Å². The molecule has 7 nitrogen and oxygen atoms in total. The number of rotatable bonds is 6. The number of aromatic nitrogens is 3. The molecule has 0 fully saturated rings. The van der Waals surface area contributed by atoms with Crippen LogP contribution in [0.4, 0.5) is 0 Å². The predicted octanol–water partition coefficient (Wildman–Crippen LogP) is 1.97. The van der Waals surface area contributed by atoms with Crippen molar-refractivity contribution in [2.24, 2.45) is 0 Å². The number of carbonyl (C=O) groups excluding carboxylic acids is 1. The number of amides is 1. The Morgan fingerprint density at radius 1 is 1.29 bits per heavy atom. The van der Waals surface area contributed by atoms with Gasteiger partial charge in [0.05, 0.1) is 12.8 Å². The normalized spacial score (nSPS) is 13.3. The number of ether oxygens (including phenoxy) is 1. The van der Waals surface area contributed by atoms with E-state index in [1.54, 1.807) is 13.2 Å². The largest absolute Gasteiger partial charge is 0.497 e. The highest BCUT2D eigenvalue weighted by atomic mass is 16.5. The molecule has 0 unspecified atom stereocenters. The third-order valence-corrected chi connectivity index (χ3v) is 5.26. The summed E-state index contributed by atoms with van der Waals surface area (Å²) < 4.78 is 6.56. The first kappa shape index (κ1) is 18.3. The van der Waals surface area contributed by atoms with Gasteiger partial charge in [-0.2, -0.15) is 5.10 Å². The van der Waals surface area contributed by atoms with Crippen LogP contribution in [0, 0.1) is 0 Å². The van der Waals surface area contributed by atoms with Crippen LogP contribution in [0.3, 0.4) is 0 Å². The zero-order valence-electron chi connectivity index (χ0n) is 16.0. The summed E-state index contributed by atoms with van der Waals surface area (Å²) in [6.07, 6.45) is 6.59. The number of carbonyl (C=O) groups is 1. The topological polar surface area (TPSA) is 89.0 Å². The Labute approximate surface area is 162 Å². The molecular weight excluding hydrogens is 356 g/mol. The number of nitrogens with zero attached hydrogens (tertiary/aromatic N) is 2. The van der Waals surface area contributed by atoms with Crippen molar-refractivity contribution < 1.29 is 9.53 Å². The van der Waals surface area contributed by atoms with Gasteiger partial charge in [-0.25, -0.2) is 4.68 Å². The molecule has 1 aromatic carbocycles. The number of hydrogen-bond acceptors (Lipinski definition) is 4. The van der Waals surface area contributed by atoms with Crippen molar-refractivity contribution in [2.75, 3.05) is 13.7 Å². The van der Waals surface area contributed by atoms with Gasteiger partial charge in [-0.15, -0.1) is 0 Å². The summed E-state index contributed by atoms with van der Waals surface area (Å²) in [7, 11) is 1.64. The lowest BCUT2D eigenvalue weighted by Crippen LogP contribution is -2.35. The van der Waals surface area contributed by atoms with Crippen molar-refractivity contribution in [3.8, 4) is 5.75 Å². The van der Waals surface area contributed by atoms with Crippen LogP contribution < -0.4 is 15.6 Å². The Hall–Kier alpha value is -3.09. The lowest BCUT2D eigenvalue weighted by molar-refractivity contribution is -0.121. The van der Waals surface area contributed by atoms with Gasteiger partial charge in [0.1, 0.15) is 12.3 Å². The van der Waals surface area contributed by atoms with Crippen LogP contribution >= 0.6 is 0 Å². The summed E-state index contributed by atoms with van der Waals surface area (Å²) in [6.45, 7) is 0.441. The van der Waals surface area contributed by atoms with Gasteiger partial charge in [0, 0.05) is 29.7 Å². The van der Waals surface area contributed by atoms with E-state index in [1.165, 1.54) is 4.68 Å². The highest BCUT2D eigenvalue weighted by Crippen LogP contribution is 2.23. The van der Waals surface area contributed by atoms with Gasteiger partial charge in [0.2, 0.25) is 5.91 Å². The lowest BCUT2D eigenvalue weighted by atomic mass is 9.97. The number of fused-ring (bicyclic) bond motifs is 2. The van der Waals surface area contributed by atoms with Crippen LogP contribution in [0.2, 0.25) is 0 Å². The molecule has 1 amide bonds. The molecule has 0 saturated heterocycles. The Morgan fingerprint density at radius 3 is 3.00 bits per heavy atom. The maximum Gasteiger partial charge on any atom is 0.267 e. The summed E-state index contributed by atoms with van der Waals surface area (Å²) in [6, 6.07) is 7.51. The molecule has 2 N–H and O–H groups in total. The van der Waals surface area contributed by atoms with Crippen molar-refractivity contribution >= 4 is 16.8 Å². The van der Waals surface area contributed by atoms with E-state index < -0.39 is 0 Å². The molecule has 0 saturated carbocycles. The lowest BCUT2D eigenvalue weighted by Gasteiger charge is -2.15. The molecule has 28 heavy (non-hydrogen) atoms. The number of nitrogens with one attached hydrogen (secondary N) is 2. The molecule has 146 valence electrons.